The zero-order valence-corrected chi connectivity index (χ0v) is 15.5. The number of nitrogens with one attached hydrogen (secondary N) is 1. The molecule has 0 saturated carbocycles. The first kappa shape index (κ1) is 24.9. The molecule has 8 nitrogen and oxygen atoms in total. The Morgan fingerprint density at radius 1 is 1.13 bits per heavy atom. The van der Waals surface area contributed by atoms with Gasteiger partial charge in [0.25, 0.3) is 11.2 Å². The van der Waals surface area contributed by atoms with Gasteiger partial charge in [0.1, 0.15) is 5.69 Å². The number of nitro benzene ring substituents is 1. The fourth-order valence-corrected chi connectivity index (χ4v) is 2.04. The van der Waals surface area contributed by atoms with Crippen LogP contribution in [0.3, 0.4) is 0 Å². The average molecular weight is 459 g/mol. The Balaban J connectivity index is 0.000000352. The van der Waals surface area contributed by atoms with Gasteiger partial charge in [-0.1, -0.05) is 11.8 Å². The van der Waals surface area contributed by atoms with Gasteiger partial charge in [0.05, 0.1) is 17.0 Å². The summed E-state index contributed by atoms with van der Waals surface area (Å²) in [6, 6.07) is 4.96. The van der Waals surface area contributed by atoms with E-state index in [-0.39, 0.29) is 11.4 Å². The van der Waals surface area contributed by atoms with E-state index in [9.17, 15) is 50.8 Å². The second kappa shape index (κ2) is 9.60. The Bertz CT molecular complexity index is 978. The van der Waals surface area contributed by atoms with Crippen molar-refractivity contribution in [2.24, 2.45) is 0 Å². The number of hydrogen-bond donors (Lipinski definition) is 1. The molecular formula is C15H11F6N3O5S. The van der Waals surface area contributed by atoms with Gasteiger partial charge in [0, 0.05) is 18.2 Å². The number of halogens is 6. The van der Waals surface area contributed by atoms with Crippen LogP contribution < -0.4 is 5.56 Å². The molecule has 0 aliphatic heterocycles. The van der Waals surface area contributed by atoms with Gasteiger partial charge in [0.2, 0.25) is 5.78 Å². The van der Waals surface area contributed by atoms with E-state index in [0.717, 1.165) is 12.1 Å². The van der Waals surface area contributed by atoms with Crippen LogP contribution in [-0.2, 0) is 15.8 Å². The molecule has 1 aromatic carbocycles. The zero-order chi connectivity index (χ0) is 23.3. The summed E-state index contributed by atoms with van der Waals surface area (Å²) in [4.78, 5) is 41.6. The number of Topliss-reactive ketones (excluding diaryl/α,β-unsaturated/α-hetero) is 1. The second-order valence-corrected chi connectivity index (χ2v) is 6.15. The third kappa shape index (κ3) is 7.06. The summed E-state index contributed by atoms with van der Waals surface area (Å²) in [7, 11) is 0. The van der Waals surface area contributed by atoms with Gasteiger partial charge in [-0.2, -0.15) is 26.3 Å². The van der Waals surface area contributed by atoms with Gasteiger partial charge >= 0.3 is 12.4 Å². The number of ketones is 1. The molecule has 0 atom stereocenters. The molecule has 15 heteroatoms. The molecule has 30 heavy (non-hydrogen) atoms. The molecule has 0 spiro atoms. The van der Waals surface area contributed by atoms with Crippen LogP contribution >= 0.6 is 11.8 Å². The number of aromatic amines is 1. The van der Waals surface area contributed by atoms with Crippen LogP contribution in [0.25, 0.3) is 5.69 Å². The summed E-state index contributed by atoms with van der Waals surface area (Å²) in [5, 5.41) is 11.6. The Morgan fingerprint density at radius 2 is 1.67 bits per heavy atom. The minimum atomic E-state index is -4.88. The number of H-pyrrole nitrogens is 1. The Labute approximate surface area is 167 Å². The predicted octanol–water partition coefficient (Wildman–Crippen LogP) is 3.49. The molecule has 164 valence electrons. The van der Waals surface area contributed by atoms with Gasteiger partial charge in [-0.25, -0.2) is 4.68 Å². The Kier molecular flexibility index (Phi) is 7.98. The van der Waals surface area contributed by atoms with Crippen molar-refractivity contribution in [3.63, 3.8) is 0 Å². The summed E-state index contributed by atoms with van der Waals surface area (Å²) in [6.07, 6.45) is -9.28. The van der Waals surface area contributed by atoms with E-state index in [4.69, 9.17) is 0 Å². The molecule has 0 aliphatic rings. The van der Waals surface area contributed by atoms with Crippen LogP contribution in [0.15, 0.2) is 35.1 Å². The lowest BCUT2D eigenvalue weighted by Gasteiger charge is -2.04. The van der Waals surface area contributed by atoms with Crippen molar-refractivity contribution in [2.45, 2.75) is 18.8 Å². The van der Waals surface area contributed by atoms with Crippen LogP contribution in [0.1, 0.15) is 12.1 Å². The van der Waals surface area contributed by atoms with Crippen molar-refractivity contribution in [1.82, 2.24) is 9.78 Å². The monoisotopic (exact) mass is 459 g/mol. The van der Waals surface area contributed by atoms with E-state index >= 15 is 0 Å². The van der Waals surface area contributed by atoms with Crippen LogP contribution in [0.5, 0.6) is 0 Å². The number of carbonyl (C=O) groups excluding carboxylic acids is 2. The van der Waals surface area contributed by atoms with E-state index in [1.807, 2.05) is 5.10 Å². The molecular weight excluding hydrogens is 448 g/mol. The molecule has 1 N–H and O–H groups in total. The molecule has 0 radical (unpaired) electrons. The molecule has 0 bridgehead atoms. The molecule has 1 heterocycles. The first-order valence-electron chi connectivity index (χ1n) is 7.47. The van der Waals surface area contributed by atoms with E-state index in [0.29, 0.717) is 22.5 Å². The van der Waals surface area contributed by atoms with Crippen LogP contribution in [0.4, 0.5) is 32.0 Å². The molecule has 1 aromatic heterocycles. The molecule has 0 unspecified atom stereocenters. The van der Waals surface area contributed by atoms with E-state index < -0.39 is 45.8 Å². The summed E-state index contributed by atoms with van der Waals surface area (Å²) < 4.78 is 72.1. The minimum absolute atomic E-state index is 0.0751. The lowest BCUT2D eigenvalue weighted by molar-refractivity contribution is -0.384. The summed E-state index contributed by atoms with van der Waals surface area (Å²) in [5.74, 6) is -1.99. The fourth-order valence-electron chi connectivity index (χ4n) is 1.76. The zero-order valence-electron chi connectivity index (χ0n) is 14.7. The van der Waals surface area contributed by atoms with E-state index in [1.165, 1.54) is 18.4 Å². The van der Waals surface area contributed by atoms with Crippen LogP contribution in [0, 0.1) is 10.1 Å². The molecule has 0 amide bonds. The number of aromatic nitrogens is 2. The topological polar surface area (TPSA) is 115 Å². The highest BCUT2D eigenvalue weighted by Crippen LogP contribution is 2.27. The number of nitro groups is 1. The van der Waals surface area contributed by atoms with E-state index in [1.54, 1.807) is 0 Å². The normalized spacial score (nSPS) is 11.4. The van der Waals surface area contributed by atoms with Crippen molar-refractivity contribution in [3.8, 4) is 5.69 Å². The highest BCUT2D eigenvalue weighted by molar-refractivity contribution is 8.13. The van der Waals surface area contributed by atoms with Crippen molar-refractivity contribution in [3.05, 3.63) is 56.5 Å². The Morgan fingerprint density at radius 3 is 2.03 bits per heavy atom. The number of nitrogens with zero attached hydrogens (tertiary/aromatic N) is 2. The lowest BCUT2D eigenvalue weighted by Crippen LogP contribution is -2.24. The summed E-state index contributed by atoms with van der Waals surface area (Å²) >= 11 is 0.609. The highest BCUT2D eigenvalue weighted by atomic mass is 32.2. The average Bonchev–Trinajstić information content (AvgIpc) is 3.03. The maximum atomic E-state index is 12.4. The smallest absolute Gasteiger partial charge is 0.289 e. The number of alkyl halides is 6. The number of non-ortho nitro benzene ring substituents is 1. The van der Waals surface area contributed by atoms with Gasteiger partial charge < -0.3 is 0 Å². The fraction of sp³-hybridized carbons (Fsp3) is 0.267. The van der Waals surface area contributed by atoms with Crippen molar-refractivity contribution >= 4 is 28.3 Å². The second-order valence-electron chi connectivity index (χ2n) is 5.29. The summed E-state index contributed by atoms with van der Waals surface area (Å²) in [6.45, 7) is 0. The Hall–Kier alpha value is -3.10. The van der Waals surface area contributed by atoms with Crippen molar-refractivity contribution in [1.29, 1.82) is 0 Å². The van der Waals surface area contributed by atoms with E-state index in [2.05, 4.69) is 0 Å². The number of benzene rings is 1. The first-order valence-corrected chi connectivity index (χ1v) is 8.70. The van der Waals surface area contributed by atoms with Gasteiger partial charge in [-0.05, 0) is 18.4 Å². The number of hydrogen-bond acceptors (Lipinski definition) is 6. The quantitative estimate of drug-likeness (QED) is 0.324. The molecule has 2 aromatic rings. The third-order valence-electron chi connectivity index (χ3n) is 3.19. The largest absolute Gasteiger partial charge is 0.450 e. The van der Waals surface area contributed by atoms with Crippen LogP contribution in [0.2, 0.25) is 0 Å². The van der Waals surface area contributed by atoms with Gasteiger partial charge in [0.15, 0.2) is 5.12 Å². The minimum Gasteiger partial charge on any atom is -0.289 e. The molecule has 0 saturated heterocycles. The first-order chi connectivity index (χ1) is 13.7. The van der Waals surface area contributed by atoms with Gasteiger partial charge in [-0.3, -0.25) is 29.6 Å². The molecule has 0 fully saturated rings. The maximum Gasteiger partial charge on any atom is 0.450 e. The van der Waals surface area contributed by atoms with Crippen molar-refractivity contribution in [2.75, 3.05) is 6.26 Å². The third-order valence-corrected chi connectivity index (χ3v) is 3.79. The number of carbonyl (C=O) groups is 2. The number of rotatable bonds is 4. The van der Waals surface area contributed by atoms with Crippen molar-refractivity contribution < 1.29 is 40.9 Å². The summed E-state index contributed by atoms with van der Waals surface area (Å²) in [5.41, 5.74) is -2.23. The highest BCUT2D eigenvalue weighted by Gasteiger charge is 2.38. The van der Waals surface area contributed by atoms with Crippen LogP contribution in [-0.4, -0.2) is 38.0 Å². The van der Waals surface area contributed by atoms with Gasteiger partial charge in [-0.15, -0.1) is 0 Å². The standard InChI is InChI=1S/C10H6F3N3O3.C5H5F3O2S/c11-10(12,13)8-5-9(17)15(14-8)6-1-3-7(4-2-6)16(18)19;1-11-4(10)2-3(9)5(6,7)8/h1-5,14H;2H2,1H3. The SMILES string of the molecule is CSC(=O)CC(=O)C(F)(F)F.O=c1cc(C(F)(F)F)[nH]n1-c1ccc([N+](=O)[O-])cc1. The number of thioether (sulfide) groups is 1. The predicted molar refractivity (Wildman–Crippen MR) is 92.2 cm³/mol. The lowest BCUT2D eigenvalue weighted by atomic mass is 10.3. The maximum absolute atomic E-state index is 12.4. The molecule has 2 rings (SSSR count). The molecule has 0 aliphatic carbocycles.